The van der Waals surface area contributed by atoms with Crippen LogP contribution in [-0.4, -0.2) is 54.3 Å². The number of halogens is 4. The Morgan fingerprint density at radius 3 is 2.26 bits per heavy atom. The summed E-state index contributed by atoms with van der Waals surface area (Å²) in [5, 5.41) is 16.3. The predicted molar refractivity (Wildman–Crippen MR) is 127 cm³/mol. The molecule has 0 saturated carbocycles. The number of carbonyl (C=O) groups is 4. The Labute approximate surface area is 217 Å². The van der Waals surface area contributed by atoms with Crippen LogP contribution in [0.5, 0.6) is 5.75 Å². The van der Waals surface area contributed by atoms with Crippen LogP contribution in [0.2, 0.25) is 0 Å². The van der Waals surface area contributed by atoms with E-state index in [1.54, 1.807) is 0 Å². The molecule has 212 valence electrons. The van der Waals surface area contributed by atoms with E-state index in [0.717, 1.165) is 25.7 Å². The van der Waals surface area contributed by atoms with Crippen molar-refractivity contribution in [3.05, 3.63) is 28.8 Å². The Bertz CT molecular complexity index is 994. The molecule has 1 fully saturated rings. The van der Waals surface area contributed by atoms with E-state index in [-0.39, 0.29) is 24.7 Å². The van der Waals surface area contributed by atoms with Crippen molar-refractivity contribution in [2.75, 3.05) is 19.7 Å². The summed E-state index contributed by atoms with van der Waals surface area (Å²) in [6, 6.07) is -1.35. The molecule has 4 N–H and O–H groups in total. The van der Waals surface area contributed by atoms with Crippen molar-refractivity contribution in [1.29, 1.82) is 0 Å². The smallest absolute Gasteiger partial charge is 0.239 e. The number of amides is 3. The second-order valence-electron chi connectivity index (χ2n) is 9.05. The molecule has 0 aromatic heterocycles. The van der Waals surface area contributed by atoms with Crippen molar-refractivity contribution < 1.29 is 46.6 Å². The molecule has 1 heterocycles. The van der Waals surface area contributed by atoms with Gasteiger partial charge in [0.05, 0.1) is 24.8 Å². The second kappa shape index (κ2) is 15.3. The van der Waals surface area contributed by atoms with E-state index in [9.17, 15) is 36.7 Å². The van der Waals surface area contributed by atoms with Crippen LogP contribution < -0.4 is 20.7 Å². The largest absolute Gasteiger partial charge is 0.479 e. The van der Waals surface area contributed by atoms with Crippen molar-refractivity contribution in [1.82, 2.24) is 16.0 Å². The maximum atomic E-state index is 14.2. The van der Waals surface area contributed by atoms with E-state index in [2.05, 4.69) is 22.9 Å². The number of rotatable bonds is 16. The molecular formula is C25H33F4N3O6. The fourth-order valence-electron chi connectivity index (χ4n) is 3.99. The zero-order valence-electron chi connectivity index (χ0n) is 21.1. The van der Waals surface area contributed by atoms with Gasteiger partial charge in [0.25, 0.3) is 0 Å². The highest BCUT2D eigenvalue weighted by molar-refractivity contribution is 5.92. The number of ether oxygens (including phenoxy) is 1. The zero-order valence-corrected chi connectivity index (χ0v) is 21.1. The molecule has 0 spiro atoms. The number of ketones is 1. The minimum atomic E-state index is -1.94. The molecule has 1 aliphatic heterocycles. The van der Waals surface area contributed by atoms with Gasteiger partial charge in [-0.1, -0.05) is 32.6 Å². The van der Waals surface area contributed by atoms with Crippen molar-refractivity contribution >= 4 is 23.5 Å². The number of carbonyl (C=O) groups excluding carboxylic acids is 4. The lowest BCUT2D eigenvalue weighted by Gasteiger charge is -2.21. The SMILES string of the molecule is CCCCCCCC(=O)NCC(=O)NC(CC1CCNC1=O)C(=O)COc1c(F)c(F)c(CO)c(F)c1F. The molecule has 2 unspecified atom stereocenters. The molecule has 1 aliphatic rings. The minimum Gasteiger partial charge on any atom is -0.479 e. The zero-order chi connectivity index (χ0) is 28.2. The molecule has 13 heteroatoms. The first-order valence-electron chi connectivity index (χ1n) is 12.6. The summed E-state index contributed by atoms with van der Waals surface area (Å²) in [7, 11) is 0. The van der Waals surface area contributed by atoms with Crippen LogP contribution in [0.3, 0.4) is 0 Å². The molecule has 0 aliphatic carbocycles. The normalized spacial score (nSPS) is 15.6. The predicted octanol–water partition coefficient (Wildman–Crippen LogP) is 2.17. The molecule has 1 saturated heterocycles. The third-order valence-electron chi connectivity index (χ3n) is 6.19. The van der Waals surface area contributed by atoms with Crippen LogP contribution >= 0.6 is 0 Å². The monoisotopic (exact) mass is 547 g/mol. The molecule has 38 heavy (non-hydrogen) atoms. The van der Waals surface area contributed by atoms with Crippen LogP contribution in [0.1, 0.15) is 63.9 Å². The maximum absolute atomic E-state index is 14.2. The van der Waals surface area contributed by atoms with Crippen molar-refractivity contribution in [3.63, 3.8) is 0 Å². The van der Waals surface area contributed by atoms with Crippen LogP contribution in [0.4, 0.5) is 17.6 Å². The van der Waals surface area contributed by atoms with Gasteiger partial charge in [-0.25, -0.2) is 8.78 Å². The van der Waals surface area contributed by atoms with Crippen molar-refractivity contribution in [2.45, 2.75) is 70.9 Å². The lowest BCUT2D eigenvalue weighted by Crippen LogP contribution is -2.48. The van der Waals surface area contributed by atoms with Gasteiger partial charge in [-0.2, -0.15) is 8.78 Å². The Hall–Kier alpha value is -3.22. The fraction of sp³-hybridized carbons (Fsp3) is 0.600. The number of aliphatic hydroxyl groups excluding tert-OH is 1. The highest BCUT2D eigenvalue weighted by atomic mass is 19.2. The number of aliphatic hydroxyl groups is 1. The third kappa shape index (κ3) is 8.67. The van der Waals surface area contributed by atoms with Gasteiger partial charge in [0, 0.05) is 18.9 Å². The van der Waals surface area contributed by atoms with E-state index in [4.69, 9.17) is 9.84 Å². The molecule has 1 aromatic rings. The number of hydrogen-bond acceptors (Lipinski definition) is 6. The number of benzene rings is 1. The summed E-state index contributed by atoms with van der Waals surface area (Å²) in [5.41, 5.74) is -1.24. The van der Waals surface area contributed by atoms with Crippen LogP contribution in [0, 0.1) is 29.2 Å². The van der Waals surface area contributed by atoms with E-state index < -0.39 is 78.0 Å². The molecule has 0 radical (unpaired) electrons. The first-order chi connectivity index (χ1) is 18.1. The van der Waals surface area contributed by atoms with E-state index in [0.29, 0.717) is 19.4 Å². The first-order valence-corrected chi connectivity index (χ1v) is 12.6. The van der Waals surface area contributed by atoms with Crippen LogP contribution in [0.15, 0.2) is 0 Å². The van der Waals surface area contributed by atoms with Gasteiger partial charge < -0.3 is 25.8 Å². The highest BCUT2D eigenvalue weighted by Crippen LogP contribution is 2.30. The van der Waals surface area contributed by atoms with E-state index >= 15 is 0 Å². The number of Topliss-reactive ketones (excluding diaryl/α,β-unsaturated/α-hetero) is 1. The minimum absolute atomic E-state index is 0.164. The van der Waals surface area contributed by atoms with Crippen molar-refractivity contribution in [2.24, 2.45) is 5.92 Å². The summed E-state index contributed by atoms with van der Waals surface area (Å²) >= 11 is 0. The standard InChI is InChI=1S/C25H33F4N3O6/c1-2-3-4-5-6-7-18(35)31-11-19(36)32-16(10-14-8-9-30-25(14)37)17(34)13-38-24-22(28)20(26)15(12-33)21(27)23(24)29/h14,16,33H,2-13H2,1H3,(H,30,37)(H,31,35)(H,32,36). The molecule has 1 aromatic carbocycles. The summed E-state index contributed by atoms with van der Waals surface area (Å²) in [5.74, 6) is -12.1. The molecule has 3 amide bonds. The Balaban J connectivity index is 2.01. The molecule has 9 nitrogen and oxygen atoms in total. The van der Waals surface area contributed by atoms with E-state index in [1.807, 2.05) is 0 Å². The molecule has 2 atom stereocenters. The summed E-state index contributed by atoms with van der Waals surface area (Å²) < 4.78 is 60.9. The van der Waals surface area contributed by atoms with Gasteiger partial charge in [-0.3, -0.25) is 19.2 Å². The van der Waals surface area contributed by atoms with Crippen molar-refractivity contribution in [3.8, 4) is 5.75 Å². The Morgan fingerprint density at radius 1 is 1.03 bits per heavy atom. The number of nitrogens with one attached hydrogen (secondary N) is 3. The average molecular weight is 548 g/mol. The Kier molecular flexibility index (Phi) is 12.4. The van der Waals surface area contributed by atoms with Gasteiger partial charge in [0.2, 0.25) is 29.4 Å². The number of hydrogen-bond donors (Lipinski definition) is 4. The second-order valence-corrected chi connectivity index (χ2v) is 9.05. The molecule has 0 bridgehead atoms. The van der Waals surface area contributed by atoms with Gasteiger partial charge in [0.1, 0.15) is 6.61 Å². The maximum Gasteiger partial charge on any atom is 0.239 e. The third-order valence-corrected chi connectivity index (χ3v) is 6.19. The first kappa shape index (κ1) is 31.0. The molecular weight excluding hydrogens is 514 g/mol. The summed E-state index contributed by atoms with van der Waals surface area (Å²) in [6.07, 6.45) is 5.12. The highest BCUT2D eigenvalue weighted by Gasteiger charge is 2.32. The average Bonchev–Trinajstić information content (AvgIpc) is 3.30. The van der Waals surface area contributed by atoms with E-state index in [1.165, 1.54) is 0 Å². The lowest BCUT2D eigenvalue weighted by atomic mass is 9.96. The fourth-order valence-corrected chi connectivity index (χ4v) is 3.99. The van der Waals surface area contributed by atoms with Gasteiger partial charge in [-0.15, -0.1) is 0 Å². The summed E-state index contributed by atoms with van der Waals surface area (Å²) in [6.45, 7) is -0.417. The molecule has 2 rings (SSSR count). The van der Waals surface area contributed by atoms with Gasteiger partial charge in [0.15, 0.2) is 23.2 Å². The lowest BCUT2D eigenvalue weighted by molar-refractivity contribution is -0.130. The Morgan fingerprint density at radius 2 is 1.68 bits per heavy atom. The topological polar surface area (TPSA) is 134 Å². The van der Waals surface area contributed by atoms with Gasteiger partial charge in [-0.05, 0) is 19.3 Å². The summed E-state index contributed by atoms with van der Waals surface area (Å²) in [4.78, 5) is 49.2. The number of unbranched alkanes of at least 4 members (excludes halogenated alkanes) is 4. The van der Waals surface area contributed by atoms with Crippen LogP contribution in [0.25, 0.3) is 0 Å². The van der Waals surface area contributed by atoms with Gasteiger partial charge >= 0.3 is 0 Å². The van der Waals surface area contributed by atoms with Crippen LogP contribution in [-0.2, 0) is 25.8 Å². The quantitative estimate of drug-likeness (QED) is 0.142.